The first-order valence-corrected chi connectivity index (χ1v) is 21.7. The monoisotopic (exact) mass is 832 g/mol. The molecule has 0 spiro atoms. The number of nitrogens with one attached hydrogen (secondary N) is 3. The summed E-state index contributed by atoms with van der Waals surface area (Å²) in [6.07, 6.45) is 7.63. The molecule has 0 bridgehead atoms. The first-order chi connectivity index (χ1) is 28.9. The lowest BCUT2D eigenvalue weighted by atomic mass is 9.49. The molecule has 61 heavy (non-hydrogen) atoms. The number of amides is 4. The van der Waals surface area contributed by atoms with E-state index in [1.165, 1.54) is 0 Å². The second kappa shape index (κ2) is 17.4. The van der Waals surface area contributed by atoms with Crippen LogP contribution in [-0.2, 0) is 9.59 Å². The van der Waals surface area contributed by atoms with Gasteiger partial charge in [-0.15, -0.1) is 0 Å². The van der Waals surface area contributed by atoms with Gasteiger partial charge in [0.25, 0.3) is 11.8 Å². The van der Waals surface area contributed by atoms with E-state index in [4.69, 9.17) is 9.47 Å². The number of benzene rings is 2. The molecule has 3 aromatic rings. The number of carbonyl (C=O) groups excluding carboxylic acids is 4. The third-order valence-electron chi connectivity index (χ3n) is 13.4. The predicted molar refractivity (Wildman–Crippen MR) is 230 cm³/mol. The molecule has 3 heterocycles. The molecule has 1 aromatic heterocycles. The number of ether oxygens (including phenoxy) is 2. The average molecular weight is 833 g/mol. The molecule has 7 rings (SSSR count). The summed E-state index contributed by atoms with van der Waals surface area (Å²) in [6, 6.07) is 13.0. The minimum Gasteiger partial charge on any atom is -0.490 e. The number of hydrogen-bond donors (Lipinski definition) is 3. The highest BCUT2D eigenvalue weighted by Crippen LogP contribution is 2.55. The third kappa shape index (κ3) is 9.22. The number of aromatic nitrogens is 2. The first-order valence-electron chi connectivity index (χ1n) is 21.7. The van der Waals surface area contributed by atoms with Gasteiger partial charge in [-0.1, -0.05) is 27.7 Å². The summed E-state index contributed by atoms with van der Waals surface area (Å²) in [7, 11) is 0. The van der Waals surface area contributed by atoms with Gasteiger partial charge in [0.05, 0.1) is 17.2 Å². The van der Waals surface area contributed by atoms with Crippen LogP contribution in [0.1, 0.15) is 117 Å². The number of piperidine rings is 2. The minimum atomic E-state index is -0.717. The Labute approximate surface area is 359 Å². The van der Waals surface area contributed by atoms with Crippen LogP contribution in [0.2, 0.25) is 0 Å². The van der Waals surface area contributed by atoms with Gasteiger partial charge in [-0.25, -0.2) is 9.97 Å². The van der Waals surface area contributed by atoms with Crippen LogP contribution >= 0.6 is 0 Å². The van der Waals surface area contributed by atoms with Gasteiger partial charge in [0, 0.05) is 85.8 Å². The van der Waals surface area contributed by atoms with Gasteiger partial charge >= 0.3 is 0 Å². The van der Waals surface area contributed by atoms with E-state index in [2.05, 4.69) is 83.3 Å². The van der Waals surface area contributed by atoms with Crippen LogP contribution in [0.4, 0.5) is 5.95 Å². The zero-order chi connectivity index (χ0) is 43.8. The van der Waals surface area contributed by atoms with E-state index in [0.717, 1.165) is 62.2 Å². The molecule has 1 unspecified atom stereocenters. The Bertz CT molecular complexity index is 2130. The molecule has 3 N–H and O–H groups in total. The van der Waals surface area contributed by atoms with Crippen molar-refractivity contribution in [3.63, 3.8) is 0 Å². The zero-order valence-corrected chi connectivity index (χ0v) is 36.7. The Balaban J connectivity index is 0.845. The van der Waals surface area contributed by atoms with Gasteiger partial charge < -0.3 is 25.0 Å². The average Bonchev–Trinajstić information content (AvgIpc) is 3.20. The lowest BCUT2D eigenvalue weighted by Gasteiger charge is -2.63. The third-order valence-corrected chi connectivity index (χ3v) is 13.4. The Morgan fingerprint density at radius 3 is 2.08 bits per heavy atom. The normalized spacial score (nSPS) is 24.5. The molecule has 4 fully saturated rings. The Morgan fingerprint density at radius 2 is 1.51 bits per heavy atom. The summed E-state index contributed by atoms with van der Waals surface area (Å²) in [5.41, 5.74) is 2.60. The van der Waals surface area contributed by atoms with E-state index in [1.807, 2.05) is 26.0 Å². The maximum atomic E-state index is 13.5. The number of anilines is 1. The molecule has 4 aliphatic rings. The van der Waals surface area contributed by atoms with E-state index in [-0.39, 0.29) is 53.2 Å². The van der Waals surface area contributed by atoms with Crippen LogP contribution in [0.25, 0.3) is 0 Å². The standard InChI is InChI=1S/C47H60N8O6/c1-27(2)55(33-21-36(22-33)60-34-11-9-31(10-12-34)40(57)51-38-13-14-39(56)52-42(38)59)26-30-15-17-54(18-16-30)45-49-24-32(25-50-45)41(58)53-43-46(5,6)44(47(43,7)8)61-35-19-28(3)37(23-48)29(4)20-35/h9-12,19-20,24-25,27,30,33,36,38,43-44H,13-18,21-22,26H2,1-8H3,(H,51,57)(H,53,58)(H,52,56,59). The quantitative estimate of drug-likeness (QED) is 0.181. The van der Waals surface area contributed by atoms with Crippen molar-refractivity contribution in [3.05, 3.63) is 76.6 Å². The van der Waals surface area contributed by atoms with Gasteiger partial charge in [-0.2, -0.15) is 5.26 Å². The van der Waals surface area contributed by atoms with Crippen LogP contribution < -0.4 is 30.3 Å². The minimum absolute atomic E-state index is 0.102. The fourth-order valence-electron chi connectivity index (χ4n) is 10.2. The summed E-state index contributed by atoms with van der Waals surface area (Å²) in [4.78, 5) is 63.7. The summed E-state index contributed by atoms with van der Waals surface area (Å²) < 4.78 is 12.8. The SMILES string of the molecule is Cc1cc(OC2C(C)(C)C(NC(=O)c3cnc(N4CCC(CN(C(C)C)C5CC(Oc6ccc(C(=O)NC7CCC(=O)NC7=O)cc6)C5)CC4)nc3)C2(C)C)cc(C)c1C#N. The largest absolute Gasteiger partial charge is 0.490 e. The molecule has 0 radical (unpaired) electrons. The smallest absolute Gasteiger partial charge is 0.254 e. The molecule has 14 heteroatoms. The molecule has 2 saturated heterocycles. The van der Waals surface area contributed by atoms with E-state index in [0.29, 0.717) is 52.8 Å². The molecule has 2 aliphatic heterocycles. The Morgan fingerprint density at radius 1 is 0.902 bits per heavy atom. The summed E-state index contributed by atoms with van der Waals surface area (Å²) in [6.45, 7) is 19.5. The van der Waals surface area contributed by atoms with Gasteiger partial charge in [0.15, 0.2) is 0 Å². The van der Waals surface area contributed by atoms with Crippen LogP contribution in [-0.4, -0.2) is 94.5 Å². The van der Waals surface area contributed by atoms with Crippen molar-refractivity contribution in [1.29, 1.82) is 5.26 Å². The second-order valence-electron chi connectivity index (χ2n) is 19.0. The predicted octanol–water partition coefficient (Wildman–Crippen LogP) is 5.65. The first kappa shape index (κ1) is 43.5. The summed E-state index contributed by atoms with van der Waals surface area (Å²) in [5.74, 6) is 1.27. The highest BCUT2D eigenvalue weighted by Gasteiger charge is 2.64. The van der Waals surface area contributed by atoms with Gasteiger partial charge in [-0.3, -0.25) is 29.4 Å². The lowest BCUT2D eigenvalue weighted by molar-refractivity contribution is -0.164. The van der Waals surface area contributed by atoms with Crippen molar-refractivity contribution in [3.8, 4) is 17.6 Å². The van der Waals surface area contributed by atoms with Crippen molar-refractivity contribution in [2.24, 2.45) is 16.7 Å². The van der Waals surface area contributed by atoms with Gasteiger partial charge in [0.1, 0.15) is 29.7 Å². The summed E-state index contributed by atoms with van der Waals surface area (Å²) in [5, 5.41) is 17.7. The number of rotatable bonds is 13. The maximum Gasteiger partial charge on any atom is 0.254 e. The lowest BCUT2D eigenvalue weighted by Crippen LogP contribution is -2.74. The van der Waals surface area contributed by atoms with E-state index in [1.54, 1.807) is 36.7 Å². The fourth-order valence-corrected chi connectivity index (χ4v) is 10.2. The van der Waals surface area contributed by atoms with E-state index >= 15 is 0 Å². The number of carbonyl (C=O) groups is 4. The summed E-state index contributed by atoms with van der Waals surface area (Å²) >= 11 is 0. The van der Waals surface area contributed by atoms with Gasteiger partial charge in [0.2, 0.25) is 17.8 Å². The number of aryl methyl sites for hydroxylation is 2. The van der Waals surface area contributed by atoms with Crippen molar-refractivity contribution in [1.82, 2.24) is 30.8 Å². The van der Waals surface area contributed by atoms with Crippen LogP contribution in [0.5, 0.6) is 11.5 Å². The number of hydrogen-bond acceptors (Lipinski definition) is 11. The maximum absolute atomic E-state index is 13.5. The molecule has 4 amide bonds. The highest BCUT2D eigenvalue weighted by atomic mass is 16.5. The molecule has 324 valence electrons. The molecule has 2 aromatic carbocycles. The number of nitrogens with zero attached hydrogens (tertiary/aromatic N) is 5. The molecule has 2 saturated carbocycles. The molecule has 14 nitrogen and oxygen atoms in total. The molecule has 1 atom stereocenters. The van der Waals surface area contributed by atoms with Crippen molar-refractivity contribution >= 4 is 29.6 Å². The molecular weight excluding hydrogens is 773 g/mol. The Hall–Kier alpha value is -5.55. The van der Waals surface area contributed by atoms with Gasteiger partial charge in [-0.05, 0) is 100 Å². The Kier molecular flexibility index (Phi) is 12.4. The van der Waals surface area contributed by atoms with Crippen LogP contribution in [0.3, 0.4) is 0 Å². The topological polar surface area (TPSA) is 179 Å². The highest BCUT2D eigenvalue weighted by molar-refractivity contribution is 6.03. The number of nitriles is 1. The molecular formula is C47H60N8O6. The molecule has 2 aliphatic carbocycles. The van der Waals surface area contributed by atoms with Crippen LogP contribution in [0, 0.1) is 41.9 Å². The van der Waals surface area contributed by atoms with E-state index in [9.17, 15) is 24.4 Å². The van der Waals surface area contributed by atoms with Crippen molar-refractivity contribution in [2.75, 3.05) is 24.5 Å². The van der Waals surface area contributed by atoms with Crippen molar-refractivity contribution < 1.29 is 28.7 Å². The van der Waals surface area contributed by atoms with Crippen LogP contribution in [0.15, 0.2) is 48.8 Å². The van der Waals surface area contributed by atoms with E-state index < -0.39 is 11.9 Å². The zero-order valence-electron chi connectivity index (χ0n) is 36.7. The van der Waals surface area contributed by atoms with Crippen molar-refractivity contribution in [2.45, 2.75) is 130 Å². The number of imide groups is 1. The second-order valence-corrected chi connectivity index (χ2v) is 19.0. The fraction of sp³-hybridized carbons (Fsp3) is 0.553.